The number of benzene rings is 2. The van der Waals surface area contributed by atoms with E-state index in [1.54, 1.807) is 4.90 Å². The van der Waals surface area contributed by atoms with E-state index < -0.39 is 17.7 Å². The smallest absolute Gasteiger partial charge is 0.295 e. The number of amides is 1. The number of morpholine rings is 1. The van der Waals surface area contributed by atoms with Crippen LogP contribution in [0.25, 0.3) is 5.76 Å². The molecule has 2 aromatic carbocycles. The van der Waals surface area contributed by atoms with Crippen LogP contribution in [0.1, 0.15) is 47.2 Å². The molecule has 2 saturated heterocycles. The van der Waals surface area contributed by atoms with Gasteiger partial charge in [0, 0.05) is 31.7 Å². The first-order valence-electron chi connectivity index (χ1n) is 12.2. The van der Waals surface area contributed by atoms with Crippen LogP contribution in [0.4, 0.5) is 0 Å². The summed E-state index contributed by atoms with van der Waals surface area (Å²) in [5.41, 5.74) is 4.64. The minimum Gasteiger partial charge on any atom is -0.507 e. The zero-order valence-corrected chi connectivity index (χ0v) is 20.3. The van der Waals surface area contributed by atoms with Gasteiger partial charge in [0.15, 0.2) is 0 Å². The summed E-state index contributed by atoms with van der Waals surface area (Å²) >= 11 is 0. The van der Waals surface area contributed by atoms with Gasteiger partial charge >= 0.3 is 0 Å². The fourth-order valence-corrected chi connectivity index (χ4v) is 4.82. The van der Waals surface area contributed by atoms with Crippen LogP contribution in [0.15, 0.2) is 48.0 Å². The molecule has 2 aliphatic rings. The molecule has 2 heterocycles. The molecule has 6 nitrogen and oxygen atoms in total. The first-order valence-corrected chi connectivity index (χ1v) is 12.2. The van der Waals surface area contributed by atoms with Gasteiger partial charge in [0.2, 0.25) is 0 Å². The maximum absolute atomic E-state index is 13.3. The van der Waals surface area contributed by atoms with Crippen LogP contribution in [0.3, 0.4) is 0 Å². The second-order valence-corrected chi connectivity index (χ2v) is 9.21. The van der Waals surface area contributed by atoms with Gasteiger partial charge in [0.1, 0.15) is 5.76 Å². The van der Waals surface area contributed by atoms with Crippen molar-refractivity contribution < 1.29 is 19.4 Å². The Morgan fingerprint density at radius 1 is 1.03 bits per heavy atom. The fraction of sp³-hybridized carbons (Fsp3) is 0.429. The van der Waals surface area contributed by atoms with Gasteiger partial charge in [-0.05, 0) is 49.4 Å². The van der Waals surface area contributed by atoms with Gasteiger partial charge in [0.05, 0.1) is 24.8 Å². The standard InChI is InChI=1S/C28H34N2O4/c1-4-21-8-10-22(11-9-21)25-24(26(31)23-18-19(2)6-7-20(23)3)27(32)28(33)30(25)13-5-12-29-14-16-34-17-15-29/h6-11,18,25,31H,4-5,12-17H2,1-3H3/b26-24+. The molecule has 2 aromatic rings. The maximum Gasteiger partial charge on any atom is 0.295 e. The van der Waals surface area contributed by atoms with Gasteiger partial charge in [-0.3, -0.25) is 14.5 Å². The molecule has 0 spiro atoms. The number of rotatable bonds is 7. The Labute approximate surface area is 201 Å². The molecule has 2 fully saturated rings. The lowest BCUT2D eigenvalue weighted by atomic mass is 9.92. The largest absolute Gasteiger partial charge is 0.507 e. The third-order valence-corrected chi connectivity index (χ3v) is 6.87. The predicted molar refractivity (Wildman–Crippen MR) is 133 cm³/mol. The first-order chi connectivity index (χ1) is 16.4. The number of hydrogen-bond acceptors (Lipinski definition) is 5. The van der Waals surface area contributed by atoms with Crippen LogP contribution in [-0.4, -0.2) is 66.0 Å². The normalized spacial score (nSPS) is 20.8. The Bertz CT molecular complexity index is 1080. The van der Waals surface area contributed by atoms with Crippen molar-refractivity contribution in [2.45, 2.75) is 39.7 Å². The van der Waals surface area contributed by atoms with E-state index in [-0.39, 0.29) is 11.3 Å². The highest BCUT2D eigenvalue weighted by Gasteiger charge is 2.45. The van der Waals surface area contributed by atoms with E-state index in [0.29, 0.717) is 12.1 Å². The van der Waals surface area contributed by atoms with Gasteiger partial charge in [-0.2, -0.15) is 0 Å². The van der Waals surface area contributed by atoms with Gasteiger partial charge in [-0.15, -0.1) is 0 Å². The number of carbonyl (C=O) groups is 2. The maximum atomic E-state index is 13.3. The third-order valence-electron chi connectivity index (χ3n) is 6.87. The van der Waals surface area contributed by atoms with E-state index in [1.807, 2.05) is 56.3 Å². The number of aliphatic hydroxyl groups is 1. The van der Waals surface area contributed by atoms with Gasteiger partial charge in [-0.1, -0.05) is 48.9 Å². The summed E-state index contributed by atoms with van der Waals surface area (Å²) in [4.78, 5) is 30.4. The first kappa shape index (κ1) is 24.2. The van der Waals surface area contributed by atoms with Crippen LogP contribution < -0.4 is 0 Å². The number of hydrogen-bond donors (Lipinski definition) is 1. The van der Waals surface area contributed by atoms with Crippen LogP contribution in [0, 0.1) is 13.8 Å². The van der Waals surface area contributed by atoms with E-state index in [2.05, 4.69) is 11.8 Å². The lowest BCUT2D eigenvalue weighted by Crippen LogP contribution is -2.38. The van der Waals surface area contributed by atoms with Crippen molar-refractivity contribution in [2.24, 2.45) is 0 Å². The van der Waals surface area contributed by atoms with Gasteiger partial charge in [-0.25, -0.2) is 0 Å². The number of aliphatic hydroxyl groups excluding tert-OH is 1. The summed E-state index contributed by atoms with van der Waals surface area (Å²) in [6.07, 6.45) is 1.66. The second kappa shape index (κ2) is 10.5. The van der Waals surface area contributed by atoms with Crippen molar-refractivity contribution in [3.63, 3.8) is 0 Å². The predicted octanol–water partition coefficient (Wildman–Crippen LogP) is 4.01. The SMILES string of the molecule is CCc1ccc(C2/C(=C(\O)c3cc(C)ccc3C)C(=O)C(=O)N2CCCN2CCOCC2)cc1. The number of carbonyl (C=O) groups excluding carboxylic acids is 2. The Morgan fingerprint density at radius 2 is 1.74 bits per heavy atom. The lowest BCUT2D eigenvalue weighted by molar-refractivity contribution is -0.140. The van der Waals surface area contributed by atoms with Crippen LogP contribution in [0.2, 0.25) is 0 Å². The van der Waals surface area contributed by atoms with Crippen molar-refractivity contribution in [2.75, 3.05) is 39.4 Å². The molecule has 1 amide bonds. The van der Waals surface area contributed by atoms with E-state index in [0.717, 1.165) is 62.4 Å². The zero-order valence-electron chi connectivity index (χ0n) is 20.3. The van der Waals surface area contributed by atoms with Crippen molar-refractivity contribution in [3.05, 3.63) is 75.9 Å². The van der Waals surface area contributed by atoms with Gasteiger partial charge < -0.3 is 14.7 Å². The van der Waals surface area contributed by atoms with Crippen molar-refractivity contribution in [3.8, 4) is 0 Å². The van der Waals surface area contributed by atoms with Crippen LogP contribution in [-0.2, 0) is 20.7 Å². The summed E-state index contributed by atoms with van der Waals surface area (Å²) in [6.45, 7) is 10.4. The number of aryl methyl sites for hydroxylation is 3. The van der Waals surface area contributed by atoms with E-state index in [4.69, 9.17) is 4.74 Å². The quantitative estimate of drug-likeness (QED) is 0.383. The topological polar surface area (TPSA) is 70.1 Å². The highest BCUT2D eigenvalue weighted by molar-refractivity contribution is 6.46. The molecule has 180 valence electrons. The Morgan fingerprint density at radius 3 is 2.41 bits per heavy atom. The van der Waals surface area contributed by atoms with Crippen LogP contribution >= 0.6 is 0 Å². The number of ether oxygens (including phenoxy) is 1. The highest BCUT2D eigenvalue weighted by Crippen LogP contribution is 2.40. The average Bonchev–Trinajstić information content (AvgIpc) is 3.11. The molecule has 0 radical (unpaired) electrons. The van der Waals surface area contributed by atoms with E-state index in [1.165, 1.54) is 5.56 Å². The van der Waals surface area contributed by atoms with Crippen molar-refractivity contribution in [1.29, 1.82) is 0 Å². The average molecular weight is 463 g/mol. The Hall–Kier alpha value is -2.96. The van der Waals surface area contributed by atoms with E-state index in [9.17, 15) is 14.7 Å². The zero-order chi connectivity index (χ0) is 24.2. The Balaban J connectivity index is 1.70. The molecule has 1 atom stereocenters. The molecule has 1 unspecified atom stereocenters. The van der Waals surface area contributed by atoms with Gasteiger partial charge in [0.25, 0.3) is 11.7 Å². The minimum absolute atomic E-state index is 0.0974. The minimum atomic E-state index is -0.616. The summed E-state index contributed by atoms with van der Waals surface area (Å²) < 4.78 is 5.42. The summed E-state index contributed by atoms with van der Waals surface area (Å²) in [7, 11) is 0. The van der Waals surface area contributed by atoms with E-state index >= 15 is 0 Å². The molecule has 4 rings (SSSR count). The molecule has 0 aromatic heterocycles. The molecule has 6 heteroatoms. The molecule has 0 saturated carbocycles. The Kier molecular flexibility index (Phi) is 7.49. The van der Waals surface area contributed by atoms with Crippen LogP contribution in [0.5, 0.6) is 0 Å². The molecule has 0 bridgehead atoms. The molecular weight excluding hydrogens is 428 g/mol. The number of Topliss-reactive ketones (excluding diaryl/α,β-unsaturated/α-hetero) is 1. The lowest BCUT2D eigenvalue weighted by Gasteiger charge is -2.29. The number of ketones is 1. The molecule has 34 heavy (non-hydrogen) atoms. The van der Waals surface area contributed by atoms with Crippen molar-refractivity contribution >= 4 is 17.4 Å². The summed E-state index contributed by atoms with van der Waals surface area (Å²) in [5.74, 6) is -1.26. The van der Waals surface area contributed by atoms with Crippen molar-refractivity contribution in [1.82, 2.24) is 9.80 Å². The molecular formula is C28H34N2O4. The monoisotopic (exact) mass is 462 g/mol. The highest BCUT2D eigenvalue weighted by atomic mass is 16.5. The summed E-state index contributed by atoms with van der Waals surface area (Å²) in [6, 6.07) is 13.2. The number of nitrogens with zero attached hydrogens (tertiary/aromatic N) is 2. The molecule has 2 aliphatic heterocycles. The summed E-state index contributed by atoms with van der Waals surface area (Å²) in [5, 5.41) is 11.4. The third kappa shape index (κ3) is 4.93. The second-order valence-electron chi connectivity index (χ2n) is 9.21. The fourth-order valence-electron chi connectivity index (χ4n) is 4.82. The molecule has 1 N–H and O–H groups in total. The molecule has 0 aliphatic carbocycles. The number of likely N-dealkylation sites (tertiary alicyclic amines) is 1.